The number of hydrogen-bond acceptors (Lipinski definition) is 3. The van der Waals surface area contributed by atoms with Crippen molar-refractivity contribution >= 4 is 40.1 Å². The molecule has 2 aromatic carbocycles. The fourth-order valence-electron chi connectivity index (χ4n) is 3.23. The van der Waals surface area contributed by atoms with Gasteiger partial charge < -0.3 is 5.32 Å². The molecule has 1 atom stereocenters. The van der Waals surface area contributed by atoms with Crippen molar-refractivity contribution in [3.63, 3.8) is 0 Å². The Morgan fingerprint density at radius 2 is 2.07 bits per heavy atom. The molecule has 0 saturated carbocycles. The Morgan fingerprint density at radius 3 is 2.85 bits per heavy atom. The second kappa shape index (κ2) is 7.00. The van der Waals surface area contributed by atoms with E-state index in [-0.39, 0.29) is 36.0 Å². The fraction of sp³-hybridized carbons (Fsp3) is 0.211. The Morgan fingerprint density at radius 1 is 1.30 bits per heavy atom. The summed E-state index contributed by atoms with van der Waals surface area (Å²) in [7, 11) is 0. The maximum atomic E-state index is 14.2. The van der Waals surface area contributed by atoms with Crippen LogP contribution in [-0.2, 0) is 16.1 Å². The molecule has 8 heteroatoms. The summed E-state index contributed by atoms with van der Waals surface area (Å²) < 4.78 is 14.2. The quantitative estimate of drug-likeness (QED) is 0.723. The Kier molecular flexibility index (Phi) is 4.53. The molecule has 0 bridgehead atoms. The van der Waals surface area contributed by atoms with Gasteiger partial charge >= 0.3 is 0 Å². The van der Waals surface area contributed by atoms with Gasteiger partial charge in [-0.15, -0.1) is 0 Å². The summed E-state index contributed by atoms with van der Waals surface area (Å²) in [6.45, 7) is 0.514. The number of aromatic nitrogens is 2. The first-order valence-corrected chi connectivity index (χ1v) is 8.86. The molecule has 0 unspecified atom stereocenters. The van der Waals surface area contributed by atoms with E-state index >= 15 is 0 Å². The molecule has 138 valence electrons. The van der Waals surface area contributed by atoms with Gasteiger partial charge in [0.2, 0.25) is 11.8 Å². The van der Waals surface area contributed by atoms with Crippen molar-refractivity contribution in [3.05, 3.63) is 58.9 Å². The predicted octanol–water partition coefficient (Wildman–Crippen LogP) is 3.02. The van der Waals surface area contributed by atoms with Crippen molar-refractivity contribution in [2.24, 2.45) is 5.92 Å². The van der Waals surface area contributed by atoms with E-state index in [1.54, 1.807) is 24.3 Å². The van der Waals surface area contributed by atoms with Crippen LogP contribution < -0.4 is 10.2 Å². The largest absolute Gasteiger partial charge is 0.352 e. The maximum absolute atomic E-state index is 14.2. The summed E-state index contributed by atoms with van der Waals surface area (Å²) in [5.41, 5.74) is 1.42. The van der Waals surface area contributed by atoms with Gasteiger partial charge in [0.25, 0.3) is 0 Å². The van der Waals surface area contributed by atoms with Crippen molar-refractivity contribution in [1.82, 2.24) is 15.5 Å². The zero-order valence-corrected chi connectivity index (χ0v) is 15.0. The lowest BCUT2D eigenvalue weighted by molar-refractivity contribution is -0.126. The molecule has 1 aliphatic rings. The number of carbonyl (C=O) groups is 2. The SMILES string of the molecule is O=C(NCc1ccc(Cl)cc1)[C@H]1CC(=O)N(c2n[nH]c3cccc(F)c23)C1. The number of halogens is 2. The van der Waals surface area contributed by atoms with Gasteiger partial charge in [0, 0.05) is 24.5 Å². The van der Waals surface area contributed by atoms with E-state index in [1.807, 2.05) is 12.1 Å². The summed E-state index contributed by atoms with van der Waals surface area (Å²) in [6, 6.07) is 11.7. The van der Waals surface area contributed by atoms with Gasteiger partial charge in [0.05, 0.1) is 16.8 Å². The van der Waals surface area contributed by atoms with Crippen molar-refractivity contribution in [3.8, 4) is 0 Å². The van der Waals surface area contributed by atoms with Crippen LogP contribution in [0, 0.1) is 11.7 Å². The summed E-state index contributed by atoms with van der Waals surface area (Å²) >= 11 is 5.85. The van der Waals surface area contributed by atoms with Crippen LogP contribution in [0.1, 0.15) is 12.0 Å². The number of anilines is 1. The van der Waals surface area contributed by atoms with Crippen molar-refractivity contribution < 1.29 is 14.0 Å². The highest BCUT2D eigenvalue weighted by atomic mass is 35.5. The lowest BCUT2D eigenvalue weighted by Crippen LogP contribution is -2.32. The molecular weight excluding hydrogens is 371 g/mol. The minimum absolute atomic E-state index is 0.0647. The van der Waals surface area contributed by atoms with E-state index in [9.17, 15) is 14.0 Å². The molecule has 1 fully saturated rings. The van der Waals surface area contributed by atoms with Gasteiger partial charge in [-0.2, -0.15) is 5.10 Å². The Labute approximate surface area is 159 Å². The van der Waals surface area contributed by atoms with E-state index in [0.717, 1.165) is 5.56 Å². The number of amides is 2. The fourth-order valence-corrected chi connectivity index (χ4v) is 3.36. The molecule has 1 saturated heterocycles. The normalized spacial score (nSPS) is 16.9. The molecule has 0 aliphatic carbocycles. The highest BCUT2D eigenvalue weighted by Gasteiger charge is 2.37. The lowest BCUT2D eigenvalue weighted by atomic mass is 10.1. The second-order valence-corrected chi connectivity index (χ2v) is 6.90. The zero-order chi connectivity index (χ0) is 19.0. The van der Waals surface area contributed by atoms with Crippen LogP contribution in [0.3, 0.4) is 0 Å². The van der Waals surface area contributed by atoms with Gasteiger partial charge in [0.15, 0.2) is 5.82 Å². The first-order chi connectivity index (χ1) is 13.0. The smallest absolute Gasteiger partial charge is 0.229 e. The van der Waals surface area contributed by atoms with E-state index in [0.29, 0.717) is 17.1 Å². The third kappa shape index (κ3) is 3.38. The monoisotopic (exact) mass is 386 g/mol. The van der Waals surface area contributed by atoms with Crippen LogP contribution in [0.4, 0.5) is 10.2 Å². The van der Waals surface area contributed by atoms with E-state index < -0.39 is 11.7 Å². The number of rotatable bonds is 4. The van der Waals surface area contributed by atoms with Crippen molar-refractivity contribution in [2.45, 2.75) is 13.0 Å². The topological polar surface area (TPSA) is 78.1 Å². The molecule has 2 N–H and O–H groups in total. The van der Waals surface area contributed by atoms with E-state index in [2.05, 4.69) is 15.5 Å². The summed E-state index contributed by atoms with van der Waals surface area (Å²) in [5, 5.41) is 10.5. The number of hydrogen-bond donors (Lipinski definition) is 2. The lowest BCUT2D eigenvalue weighted by Gasteiger charge is -2.14. The predicted molar refractivity (Wildman–Crippen MR) is 99.8 cm³/mol. The first-order valence-electron chi connectivity index (χ1n) is 8.48. The molecule has 2 heterocycles. The van der Waals surface area contributed by atoms with Gasteiger partial charge in [-0.25, -0.2) is 4.39 Å². The second-order valence-electron chi connectivity index (χ2n) is 6.46. The average Bonchev–Trinajstić information content (AvgIpc) is 3.25. The number of carbonyl (C=O) groups excluding carboxylic acids is 2. The third-order valence-electron chi connectivity index (χ3n) is 4.65. The molecule has 6 nitrogen and oxygen atoms in total. The molecule has 1 aromatic heterocycles. The summed E-state index contributed by atoms with van der Waals surface area (Å²) in [5.74, 6) is -1.22. The van der Waals surface area contributed by atoms with Gasteiger partial charge in [-0.1, -0.05) is 29.8 Å². The van der Waals surface area contributed by atoms with E-state index in [4.69, 9.17) is 11.6 Å². The number of nitrogens with one attached hydrogen (secondary N) is 2. The first kappa shape index (κ1) is 17.5. The Balaban J connectivity index is 1.47. The van der Waals surface area contributed by atoms with Gasteiger partial charge in [0.1, 0.15) is 5.82 Å². The summed E-state index contributed by atoms with van der Waals surface area (Å²) in [6.07, 6.45) is 0.0647. The minimum atomic E-state index is -0.511. The van der Waals surface area contributed by atoms with Crippen LogP contribution in [0.15, 0.2) is 42.5 Å². The Hall–Kier alpha value is -2.93. The molecule has 2 amide bonds. The third-order valence-corrected chi connectivity index (χ3v) is 4.90. The van der Waals surface area contributed by atoms with Crippen molar-refractivity contribution in [2.75, 3.05) is 11.4 Å². The summed E-state index contributed by atoms with van der Waals surface area (Å²) in [4.78, 5) is 26.2. The van der Waals surface area contributed by atoms with Gasteiger partial charge in [-0.05, 0) is 29.8 Å². The van der Waals surface area contributed by atoms with Crippen LogP contribution in [-0.4, -0.2) is 28.6 Å². The molecule has 27 heavy (non-hydrogen) atoms. The van der Waals surface area contributed by atoms with Gasteiger partial charge in [-0.3, -0.25) is 19.6 Å². The van der Waals surface area contributed by atoms with Crippen molar-refractivity contribution in [1.29, 1.82) is 0 Å². The number of fused-ring (bicyclic) bond motifs is 1. The number of H-pyrrole nitrogens is 1. The molecule has 4 rings (SSSR count). The van der Waals surface area contributed by atoms with E-state index in [1.165, 1.54) is 11.0 Å². The highest BCUT2D eigenvalue weighted by molar-refractivity contribution is 6.30. The van der Waals surface area contributed by atoms with Crippen LogP contribution in [0.5, 0.6) is 0 Å². The molecule has 3 aromatic rings. The standard InChI is InChI=1S/C19H16ClFN4O2/c20-13-6-4-11(5-7-13)9-22-19(27)12-8-16(26)25(10-12)18-17-14(21)2-1-3-15(17)23-24-18/h1-7,12H,8-10H2,(H,22,27)(H,23,24)/t12-/m0/s1. The molecule has 1 aliphatic heterocycles. The minimum Gasteiger partial charge on any atom is -0.352 e. The average molecular weight is 387 g/mol. The zero-order valence-electron chi connectivity index (χ0n) is 14.2. The Bertz CT molecular complexity index is 1020. The number of aromatic amines is 1. The highest BCUT2D eigenvalue weighted by Crippen LogP contribution is 2.31. The molecule has 0 spiro atoms. The van der Waals surface area contributed by atoms with Crippen LogP contribution in [0.2, 0.25) is 5.02 Å². The molecular formula is C19H16ClFN4O2. The number of benzene rings is 2. The van der Waals surface area contributed by atoms with Crippen LogP contribution in [0.25, 0.3) is 10.9 Å². The van der Waals surface area contributed by atoms with Crippen LogP contribution >= 0.6 is 11.6 Å². The maximum Gasteiger partial charge on any atom is 0.229 e. The molecule has 0 radical (unpaired) electrons. The number of nitrogens with zero attached hydrogens (tertiary/aromatic N) is 2.